The molecule has 0 saturated heterocycles. The third-order valence-electron chi connectivity index (χ3n) is 1.78. The van der Waals surface area contributed by atoms with Crippen LogP contribution in [0.5, 0.6) is 5.75 Å². The van der Waals surface area contributed by atoms with Gasteiger partial charge in [-0.15, -0.1) is 0 Å². The zero-order valence-electron chi connectivity index (χ0n) is 9.01. The SMILES string of the molecule is Cc1cccc(C)n1.Oc1ccccc1. The number of hydrogen-bond donors (Lipinski definition) is 1. The average Bonchev–Trinajstić information content (AvgIpc) is 2.19. The summed E-state index contributed by atoms with van der Waals surface area (Å²) >= 11 is 0. The molecule has 1 heterocycles. The molecule has 0 bridgehead atoms. The van der Waals surface area contributed by atoms with Crippen LogP contribution in [0.4, 0.5) is 0 Å². The van der Waals surface area contributed by atoms with Gasteiger partial charge in [0.25, 0.3) is 0 Å². The Hall–Kier alpha value is -1.83. The number of aromatic hydroxyl groups is 1. The molecule has 1 N–H and O–H groups in total. The Bertz CT molecular complexity index is 381. The van der Waals surface area contributed by atoms with Gasteiger partial charge in [-0.25, -0.2) is 0 Å². The maximum absolute atomic E-state index is 8.63. The van der Waals surface area contributed by atoms with Gasteiger partial charge in [0.1, 0.15) is 5.75 Å². The lowest BCUT2D eigenvalue weighted by Crippen LogP contribution is -1.81. The van der Waals surface area contributed by atoms with E-state index in [1.54, 1.807) is 24.3 Å². The Morgan fingerprint density at radius 1 is 0.800 bits per heavy atom. The third-order valence-corrected chi connectivity index (χ3v) is 1.78. The summed E-state index contributed by atoms with van der Waals surface area (Å²) in [5, 5.41) is 8.63. The van der Waals surface area contributed by atoms with Gasteiger partial charge in [0, 0.05) is 11.4 Å². The molecule has 0 spiro atoms. The number of pyridine rings is 1. The molecule has 0 fully saturated rings. The molecule has 15 heavy (non-hydrogen) atoms. The summed E-state index contributed by atoms with van der Waals surface area (Å²) in [4.78, 5) is 4.17. The lowest BCUT2D eigenvalue weighted by Gasteiger charge is -1.90. The molecule has 0 aliphatic rings. The van der Waals surface area contributed by atoms with Gasteiger partial charge in [-0.05, 0) is 38.1 Å². The minimum Gasteiger partial charge on any atom is -0.508 e. The minimum atomic E-state index is 0.322. The highest BCUT2D eigenvalue weighted by Crippen LogP contribution is 2.02. The number of benzene rings is 1. The first kappa shape index (κ1) is 11.2. The van der Waals surface area contributed by atoms with Crippen molar-refractivity contribution in [2.75, 3.05) is 0 Å². The van der Waals surface area contributed by atoms with E-state index in [0.717, 1.165) is 11.4 Å². The Kier molecular flexibility index (Phi) is 4.35. The van der Waals surface area contributed by atoms with Gasteiger partial charge in [0.2, 0.25) is 0 Å². The van der Waals surface area contributed by atoms with Crippen molar-refractivity contribution in [3.63, 3.8) is 0 Å². The molecule has 2 rings (SSSR count). The van der Waals surface area contributed by atoms with Crippen LogP contribution in [0, 0.1) is 13.8 Å². The van der Waals surface area contributed by atoms with Crippen molar-refractivity contribution in [1.29, 1.82) is 0 Å². The third kappa shape index (κ3) is 4.81. The van der Waals surface area contributed by atoms with Crippen LogP contribution in [-0.2, 0) is 0 Å². The van der Waals surface area contributed by atoms with Crippen molar-refractivity contribution < 1.29 is 5.11 Å². The highest BCUT2D eigenvalue weighted by molar-refractivity contribution is 5.18. The lowest BCUT2D eigenvalue weighted by molar-refractivity contribution is 0.475. The number of aryl methyl sites for hydroxylation is 2. The van der Waals surface area contributed by atoms with E-state index in [2.05, 4.69) is 4.98 Å². The van der Waals surface area contributed by atoms with E-state index in [4.69, 9.17) is 5.11 Å². The van der Waals surface area contributed by atoms with Crippen LogP contribution >= 0.6 is 0 Å². The monoisotopic (exact) mass is 201 g/mol. The Balaban J connectivity index is 0.000000151. The summed E-state index contributed by atoms with van der Waals surface area (Å²) in [6.45, 7) is 3.99. The first-order valence-electron chi connectivity index (χ1n) is 4.83. The van der Waals surface area contributed by atoms with Gasteiger partial charge in [-0.3, -0.25) is 4.98 Å². The number of nitrogens with zero attached hydrogens (tertiary/aromatic N) is 1. The summed E-state index contributed by atoms with van der Waals surface area (Å²) in [6.07, 6.45) is 0. The number of phenolic OH excluding ortho intramolecular Hbond substituents is 1. The molecule has 0 atom stereocenters. The number of hydrogen-bond acceptors (Lipinski definition) is 2. The Morgan fingerprint density at radius 3 is 1.60 bits per heavy atom. The van der Waals surface area contributed by atoms with Crippen molar-refractivity contribution in [1.82, 2.24) is 4.98 Å². The maximum atomic E-state index is 8.63. The van der Waals surface area contributed by atoms with E-state index in [0.29, 0.717) is 5.75 Å². The first-order chi connectivity index (χ1) is 7.18. The lowest BCUT2D eigenvalue weighted by atomic mass is 10.3. The number of para-hydroxylation sites is 1. The topological polar surface area (TPSA) is 33.1 Å². The predicted octanol–water partition coefficient (Wildman–Crippen LogP) is 3.09. The number of phenols is 1. The fourth-order valence-corrected chi connectivity index (χ4v) is 1.11. The second-order valence-electron chi connectivity index (χ2n) is 3.26. The van der Waals surface area contributed by atoms with Crippen LogP contribution in [0.15, 0.2) is 48.5 Å². The maximum Gasteiger partial charge on any atom is 0.115 e. The van der Waals surface area contributed by atoms with Gasteiger partial charge in [0.15, 0.2) is 0 Å². The highest BCUT2D eigenvalue weighted by atomic mass is 16.3. The van der Waals surface area contributed by atoms with E-state index in [9.17, 15) is 0 Å². The van der Waals surface area contributed by atoms with Crippen LogP contribution in [0.2, 0.25) is 0 Å². The van der Waals surface area contributed by atoms with Crippen molar-refractivity contribution in [3.05, 3.63) is 59.9 Å². The molecule has 0 saturated carbocycles. The standard InChI is InChI=1S/C7H9N.C6H6O/c1-6-4-3-5-7(2)8-6;7-6-4-2-1-3-5-6/h3-5H,1-2H3;1-5,7H. The molecule has 1 aromatic heterocycles. The number of aromatic nitrogens is 1. The van der Waals surface area contributed by atoms with Gasteiger partial charge in [0.05, 0.1) is 0 Å². The molecule has 2 aromatic rings. The Morgan fingerprint density at radius 2 is 1.33 bits per heavy atom. The van der Waals surface area contributed by atoms with Crippen molar-refractivity contribution in [2.45, 2.75) is 13.8 Å². The van der Waals surface area contributed by atoms with Crippen molar-refractivity contribution >= 4 is 0 Å². The second kappa shape index (κ2) is 5.81. The normalized spacial score (nSPS) is 8.93. The molecular formula is C13H15NO. The fourth-order valence-electron chi connectivity index (χ4n) is 1.11. The summed E-state index contributed by atoms with van der Waals surface area (Å²) in [6, 6.07) is 14.7. The van der Waals surface area contributed by atoms with E-state index >= 15 is 0 Å². The zero-order valence-corrected chi connectivity index (χ0v) is 9.01. The molecular weight excluding hydrogens is 186 g/mol. The molecule has 78 valence electrons. The molecule has 1 aromatic carbocycles. The van der Waals surface area contributed by atoms with E-state index in [-0.39, 0.29) is 0 Å². The summed E-state index contributed by atoms with van der Waals surface area (Å²) in [5.74, 6) is 0.322. The van der Waals surface area contributed by atoms with Gasteiger partial charge in [-0.1, -0.05) is 24.3 Å². The van der Waals surface area contributed by atoms with E-state index in [1.165, 1.54) is 0 Å². The molecule has 2 nitrogen and oxygen atoms in total. The Labute approximate surface area is 90.2 Å². The van der Waals surface area contributed by atoms with Crippen LogP contribution in [0.1, 0.15) is 11.4 Å². The molecule has 0 amide bonds. The molecule has 0 aliphatic carbocycles. The van der Waals surface area contributed by atoms with Crippen LogP contribution in [0.3, 0.4) is 0 Å². The summed E-state index contributed by atoms with van der Waals surface area (Å²) < 4.78 is 0. The largest absolute Gasteiger partial charge is 0.508 e. The van der Waals surface area contributed by atoms with Crippen LogP contribution in [0.25, 0.3) is 0 Å². The molecule has 0 radical (unpaired) electrons. The summed E-state index contributed by atoms with van der Waals surface area (Å²) in [5.41, 5.74) is 2.18. The van der Waals surface area contributed by atoms with E-state index < -0.39 is 0 Å². The molecule has 0 unspecified atom stereocenters. The quantitative estimate of drug-likeness (QED) is 0.710. The minimum absolute atomic E-state index is 0.322. The molecule has 0 aliphatic heterocycles. The highest BCUT2D eigenvalue weighted by Gasteiger charge is 1.82. The average molecular weight is 201 g/mol. The van der Waals surface area contributed by atoms with Crippen LogP contribution in [-0.4, -0.2) is 10.1 Å². The summed E-state index contributed by atoms with van der Waals surface area (Å²) in [7, 11) is 0. The predicted molar refractivity (Wildman–Crippen MR) is 61.8 cm³/mol. The van der Waals surface area contributed by atoms with Gasteiger partial charge in [-0.2, -0.15) is 0 Å². The van der Waals surface area contributed by atoms with Gasteiger partial charge < -0.3 is 5.11 Å². The second-order valence-corrected chi connectivity index (χ2v) is 3.26. The first-order valence-corrected chi connectivity index (χ1v) is 4.83. The van der Waals surface area contributed by atoms with Crippen LogP contribution < -0.4 is 0 Å². The van der Waals surface area contributed by atoms with E-state index in [1.807, 2.05) is 38.1 Å². The fraction of sp³-hybridized carbons (Fsp3) is 0.154. The van der Waals surface area contributed by atoms with Crippen molar-refractivity contribution in [2.24, 2.45) is 0 Å². The smallest absolute Gasteiger partial charge is 0.115 e. The molecule has 2 heteroatoms. The zero-order chi connectivity index (χ0) is 11.1. The number of rotatable bonds is 0. The van der Waals surface area contributed by atoms with Gasteiger partial charge >= 0.3 is 0 Å². The van der Waals surface area contributed by atoms with Crippen molar-refractivity contribution in [3.8, 4) is 5.75 Å².